The number of benzene rings is 1. The predicted octanol–water partition coefficient (Wildman–Crippen LogP) is 2.11. The minimum Gasteiger partial charge on any atom is -0.380 e. The summed E-state index contributed by atoms with van der Waals surface area (Å²) < 4.78 is 5.13. The molecule has 4 heteroatoms. The van der Waals surface area contributed by atoms with Gasteiger partial charge in [-0.3, -0.25) is 4.79 Å². The van der Waals surface area contributed by atoms with Crippen molar-refractivity contribution in [1.29, 1.82) is 0 Å². The quantitative estimate of drug-likeness (QED) is 0.806. The van der Waals surface area contributed by atoms with E-state index < -0.39 is 0 Å². The summed E-state index contributed by atoms with van der Waals surface area (Å²) in [6, 6.07) is 7.87. The lowest BCUT2D eigenvalue weighted by Crippen LogP contribution is -2.35. The molecule has 0 saturated heterocycles. The highest BCUT2D eigenvalue weighted by atomic mass is 16.5. The molecule has 0 bridgehead atoms. The standard InChI is InChI=1S/C14H22N2O2/c1-4-16(5-2)14(17)10-15-13-9-7-6-8-12(13)11-18-3/h6-9,15H,4-5,10-11H2,1-3H3. The van der Waals surface area contributed by atoms with Gasteiger partial charge in [-0.15, -0.1) is 0 Å². The molecule has 0 radical (unpaired) electrons. The summed E-state index contributed by atoms with van der Waals surface area (Å²) in [5, 5.41) is 3.18. The molecular weight excluding hydrogens is 228 g/mol. The fraction of sp³-hybridized carbons (Fsp3) is 0.500. The molecule has 0 saturated carbocycles. The number of ether oxygens (including phenoxy) is 1. The number of anilines is 1. The van der Waals surface area contributed by atoms with Crippen molar-refractivity contribution in [1.82, 2.24) is 4.90 Å². The number of carbonyl (C=O) groups excluding carboxylic acids is 1. The Kier molecular flexibility index (Phi) is 6.22. The van der Waals surface area contributed by atoms with Crippen LogP contribution >= 0.6 is 0 Å². The van der Waals surface area contributed by atoms with Crippen LogP contribution < -0.4 is 5.32 Å². The average Bonchev–Trinajstić information content (AvgIpc) is 2.39. The Morgan fingerprint density at radius 1 is 1.28 bits per heavy atom. The fourth-order valence-corrected chi connectivity index (χ4v) is 1.83. The topological polar surface area (TPSA) is 41.6 Å². The predicted molar refractivity (Wildman–Crippen MR) is 73.6 cm³/mol. The van der Waals surface area contributed by atoms with E-state index in [9.17, 15) is 4.79 Å². The van der Waals surface area contributed by atoms with Crippen molar-refractivity contribution in [3.05, 3.63) is 29.8 Å². The van der Waals surface area contributed by atoms with Crippen LogP contribution in [0.1, 0.15) is 19.4 Å². The zero-order valence-electron chi connectivity index (χ0n) is 11.4. The molecule has 0 aromatic heterocycles. The number of nitrogens with one attached hydrogen (secondary N) is 1. The second-order valence-electron chi connectivity index (χ2n) is 4.01. The highest BCUT2D eigenvalue weighted by molar-refractivity contribution is 5.81. The van der Waals surface area contributed by atoms with Crippen LogP contribution in [0.4, 0.5) is 5.69 Å². The van der Waals surface area contributed by atoms with Gasteiger partial charge in [-0.25, -0.2) is 0 Å². The number of likely N-dealkylation sites (N-methyl/N-ethyl adjacent to an activating group) is 1. The van der Waals surface area contributed by atoms with Crippen LogP contribution in [0.2, 0.25) is 0 Å². The second kappa shape index (κ2) is 7.71. The van der Waals surface area contributed by atoms with Crippen molar-refractivity contribution < 1.29 is 9.53 Å². The lowest BCUT2D eigenvalue weighted by Gasteiger charge is -2.19. The van der Waals surface area contributed by atoms with Crippen LogP contribution in [-0.4, -0.2) is 37.6 Å². The molecule has 1 aromatic carbocycles. The number of hydrogen-bond donors (Lipinski definition) is 1. The SMILES string of the molecule is CCN(CC)C(=O)CNc1ccccc1COC. The van der Waals surface area contributed by atoms with Gasteiger partial charge in [0.2, 0.25) is 5.91 Å². The first-order chi connectivity index (χ1) is 8.72. The van der Waals surface area contributed by atoms with Crippen LogP contribution in [0.25, 0.3) is 0 Å². The van der Waals surface area contributed by atoms with Crippen molar-refractivity contribution in [3.63, 3.8) is 0 Å². The number of amides is 1. The number of nitrogens with zero attached hydrogens (tertiary/aromatic N) is 1. The van der Waals surface area contributed by atoms with Crippen molar-refractivity contribution in [2.75, 3.05) is 32.1 Å². The Morgan fingerprint density at radius 2 is 1.94 bits per heavy atom. The van der Waals surface area contributed by atoms with Crippen LogP contribution in [-0.2, 0) is 16.1 Å². The zero-order valence-corrected chi connectivity index (χ0v) is 11.4. The van der Waals surface area contributed by atoms with Gasteiger partial charge in [0.25, 0.3) is 0 Å². The summed E-state index contributed by atoms with van der Waals surface area (Å²) in [6.07, 6.45) is 0. The Morgan fingerprint density at radius 3 is 2.56 bits per heavy atom. The Balaban J connectivity index is 2.60. The Labute approximate surface area is 109 Å². The Hall–Kier alpha value is -1.55. The normalized spacial score (nSPS) is 10.2. The van der Waals surface area contributed by atoms with Gasteiger partial charge < -0.3 is 15.0 Å². The molecule has 18 heavy (non-hydrogen) atoms. The first-order valence-electron chi connectivity index (χ1n) is 6.31. The van der Waals surface area contributed by atoms with Crippen LogP contribution in [0, 0.1) is 0 Å². The molecule has 1 amide bonds. The third kappa shape index (κ3) is 4.04. The third-order valence-electron chi connectivity index (χ3n) is 2.86. The molecule has 0 aliphatic carbocycles. The van der Waals surface area contributed by atoms with E-state index in [2.05, 4.69) is 5.32 Å². The number of rotatable bonds is 7. The molecule has 0 aliphatic rings. The van der Waals surface area contributed by atoms with Crippen LogP contribution in [0.5, 0.6) is 0 Å². The molecule has 1 rings (SSSR count). The maximum absolute atomic E-state index is 11.9. The van der Waals surface area contributed by atoms with Gasteiger partial charge in [0, 0.05) is 31.5 Å². The molecule has 0 heterocycles. The summed E-state index contributed by atoms with van der Waals surface area (Å²) in [7, 11) is 1.66. The van der Waals surface area contributed by atoms with Crippen molar-refractivity contribution >= 4 is 11.6 Å². The first kappa shape index (κ1) is 14.5. The van der Waals surface area contributed by atoms with E-state index in [0.29, 0.717) is 13.2 Å². The molecule has 0 unspecified atom stereocenters. The minimum absolute atomic E-state index is 0.118. The smallest absolute Gasteiger partial charge is 0.241 e. The molecule has 0 atom stereocenters. The number of hydrogen-bond acceptors (Lipinski definition) is 3. The van der Waals surface area contributed by atoms with Crippen LogP contribution in [0.15, 0.2) is 24.3 Å². The molecule has 0 spiro atoms. The maximum atomic E-state index is 11.9. The average molecular weight is 250 g/mol. The zero-order chi connectivity index (χ0) is 13.4. The van der Waals surface area contributed by atoms with E-state index in [1.807, 2.05) is 43.0 Å². The molecule has 100 valence electrons. The van der Waals surface area contributed by atoms with E-state index >= 15 is 0 Å². The monoisotopic (exact) mass is 250 g/mol. The lowest BCUT2D eigenvalue weighted by molar-refractivity contribution is -0.128. The first-order valence-corrected chi connectivity index (χ1v) is 6.31. The number of para-hydroxylation sites is 1. The highest BCUT2D eigenvalue weighted by Crippen LogP contribution is 2.15. The number of methoxy groups -OCH3 is 1. The molecule has 1 N–H and O–H groups in total. The number of carbonyl (C=O) groups is 1. The molecular formula is C14H22N2O2. The van der Waals surface area contributed by atoms with Crippen LogP contribution in [0.3, 0.4) is 0 Å². The highest BCUT2D eigenvalue weighted by Gasteiger charge is 2.09. The van der Waals surface area contributed by atoms with Gasteiger partial charge in [-0.05, 0) is 19.9 Å². The Bertz CT molecular complexity index is 376. The van der Waals surface area contributed by atoms with Gasteiger partial charge in [0.05, 0.1) is 13.2 Å². The van der Waals surface area contributed by atoms with Gasteiger partial charge in [-0.2, -0.15) is 0 Å². The van der Waals surface area contributed by atoms with E-state index in [4.69, 9.17) is 4.74 Å². The summed E-state index contributed by atoms with van der Waals surface area (Å²) in [4.78, 5) is 13.7. The molecule has 1 aromatic rings. The summed E-state index contributed by atoms with van der Waals surface area (Å²) >= 11 is 0. The molecule has 0 aliphatic heterocycles. The van der Waals surface area contributed by atoms with Gasteiger partial charge >= 0.3 is 0 Å². The van der Waals surface area contributed by atoms with E-state index in [-0.39, 0.29) is 5.91 Å². The summed E-state index contributed by atoms with van der Waals surface area (Å²) in [5.74, 6) is 0.118. The van der Waals surface area contributed by atoms with Crippen molar-refractivity contribution in [2.45, 2.75) is 20.5 Å². The maximum Gasteiger partial charge on any atom is 0.241 e. The molecule has 0 fully saturated rings. The third-order valence-corrected chi connectivity index (χ3v) is 2.86. The van der Waals surface area contributed by atoms with Crippen molar-refractivity contribution in [3.8, 4) is 0 Å². The lowest BCUT2D eigenvalue weighted by atomic mass is 10.2. The largest absolute Gasteiger partial charge is 0.380 e. The van der Waals surface area contributed by atoms with E-state index in [1.54, 1.807) is 7.11 Å². The molecule has 4 nitrogen and oxygen atoms in total. The van der Waals surface area contributed by atoms with Gasteiger partial charge in [0.1, 0.15) is 0 Å². The van der Waals surface area contributed by atoms with Gasteiger partial charge in [-0.1, -0.05) is 18.2 Å². The van der Waals surface area contributed by atoms with Crippen molar-refractivity contribution in [2.24, 2.45) is 0 Å². The second-order valence-corrected chi connectivity index (χ2v) is 4.01. The fourth-order valence-electron chi connectivity index (χ4n) is 1.83. The summed E-state index contributed by atoms with van der Waals surface area (Å²) in [6.45, 7) is 6.33. The van der Waals surface area contributed by atoms with E-state index in [1.165, 1.54) is 0 Å². The summed E-state index contributed by atoms with van der Waals surface area (Å²) in [5.41, 5.74) is 2.02. The van der Waals surface area contributed by atoms with E-state index in [0.717, 1.165) is 24.3 Å². The van der Waals surface area contributed by atoms with Gasteiger partial charge in [0.15, 0.2) is 0 Å². The minimum atomic E-state index is 0.118.